The summed E-state index contributed by atoms with van der Waals surface area (Å²) < 4.78 is 5.17. The highest BCUT2D eigenvalue weighted by Crippen LogP contribution is 2.37. The summed E-state index contributed by atoms with van der Waals surface area (Å²) in [6.45, 7) is 0. The van der Waals surface area contributed by atoms with Crippen LogP contribution in [0, 0.1) is 0 Å². The lowest BCUT2D eigenvalue weighted by atomic mass is 10.1. The van der Waals surface area contributed by atoms with Gasteiger partial charge in [0.15, 0.2) is 0 Å². The first-order valence-electron chi connectivity index (χ1n) is 5.49. The maximum Gasteiger partial charge on any atom is 0.354 e. The molecule has 0 aliphatic carbocycles. The lowest BCUT2D eigenvalue weighted by molar-refractivity contribution is 0.0691. The normalized spacial score (nSPS) is 11.1. The van der Waals surface area contributed by atoms with Crippen molar-refractivity contribution in [1.82, 2.24) is 9.97 Å². The molecule has 1 aromatic carbocycles. The van der Waals surface area contributed by atoms with Crippen LogP contribution in [-0.2, 0) is 0 Å². The summed E-state index contributed by atoms with van der Waals surface area (Å²) in [6, 6.07) is 5.09. The monoisotopic (exact) mass is 276 g/mol. The number of aromatic carboxylic acids is 1. The summed E-state index contributed by atoms with van der Waals surface area (Å²) in [5.74, 6) is -0.529. The fraction of sp³-hybridized carbons (Fsp3) is 0.0769. The molecule has 5 nitrogen and oxygen atoms in total. The number of halogens is 1. The number of fused-ring (bicyclic) bond motifs is 3. The third-order valence-corrected chi connectivity index (χ3v) is 3.36. The molecule has 3 rings (SSSR count). The second-order valence-corrected chi connectivity index (χ2v) is 4.43. The molecule has 0 spiro atoms. The number of methoxy groups -OCH3 is 1. The van der Waals surface area contributed by atoms with Crippen LogP contribution in [0.5, 0.6) is 5.75 Å². The van der Waals surface area contributed by atoms with E-state index < -0.39 is 5.97 Å². The maximum absolute atomic E-state index is 11.0. The molecule has 96 valence electrons. The Kier molecular flexibility index (Phi) is 2.57. The number of benzene rings is 1. The summed E-state index contributed by atoms with van der Waals surface area (Å²) >= 11 is 6.28. The van der Waals surface area contributed by atoms with E-state index in [0.717, 1.165) is 16.4 Å². The molecule has 2 N–H and O–H groups in total. The number of ether oxygens (including phenoxy) is 1. The number of pyridine rings is 1. The average Bonchev–Trinajstić information content (AvgIpc) is 2.77. The zero-order valence-electron chi connectivity index (χ0n) is 9.90. The molecule has 0 saturated carbocycles. The van der Waals surface area contributed by atoms with E-state index in [4.69, 9.17) is 21.4 Å². The van der Waals surface area contributed by atoms with Crippen LogP contribution < -0.4 is 4.74 Å². The minimum atomic E-state index is -1.07. The maximum atomic E-state index is 11.0. The Labute approximate surface area is 112 Å². The first kappa shape index (κ1) is 11.8. The smallest absolute Gasteiger partial charge is 0.354 e. The van der Waals surface area contributed by atoms with Crippen molar-refractivity contribution in [3.63, 3.8) is 0 Å². The van der Waals surface area contributed by atoms with Crippen LogP contribution in [0.4, 0.5) is 0 Å². The van der Waals surface area contributed by atoms with Crippen molar-refractivity contribution in [3.05, 3.63) is 35.1 Å². The predicted molar refractivity (Wildman–Crippen MR) is 72.1 cm³/mol. The lowest BCUT2D eigenvalue weighted by Gasteiger charge is -2.03. The molecule has 19 heavy (non-hydrogen) atoms. The summed E-state index contributed by atoms with van der Waals surface area (Å²) in [5, 5.41) is 10.9. The van der Waals surface area contributed by atoms with Gasteiger partial charge in [-0.15, -0.1) is 0 Å². The molecule has 2 aromatic heterocycles. The molecule has 0 aliphatic heterocycles. The van der Waals surface area contributed by atoms with E-state index in [2.05, 4.69) is 9.97 Å². The van der Waals surface area contributed by atoms with E-state index in [1.807, 2.05) is 6.07 Å². The number of nitrogens with zero attached hydrogens (tertiary/aromatic N) is 1. The number of H-pyrrole nitrogens is 1. The molecular formula is C13H9ClN2O3. The molecule has 0 bridgehead atoms. The molecule has 0 radical (unpaired) electrons. The molecule has 0 aliphatic rings. The van der Waals surface area contributed by atoms with E-state index in [0.29, 0.717) is 16.2 Å². The third-order valence-electron chi connectivity index (χ3n) is 2.99. The molecule has 0 saturated heterocycles. The minimum absolute atomic E-state index is 0.0210. The summed E-state index contributed by atoms with van der Waals surface area (Å²) in [7, 11) is 1.53. The van der Waals surface area contributed by atoms with Crippen molar-refractivity contribution < 1.29 is 14.6 Å². The van der Waals surface area contributed by atoms with Gasteiger partial charge in [0.1, 0.15) is 11.4 Å². The van der Waals surface area contributed by atoms with Gasteiger partial charge in [-0.25, -0.2) is 9.78 Å². The SMILES string of the molecule is COc1ccc2[nH]c3cnc(C(=O)O)cc3c2c1Cl. The van der Waals surface area contributed by atoms with Crippen LogP contribution in [-0.4, -0.2) is 28.2 Å². The molecule has 2 heterocycles. The Morgan fingerprint density at radius 1 is 1.42 bits per heavy atom. The highest BCUT2D eigenvalue weighted by molar-refractivity contribution is 6.39. The van der Waals surface area contributed by atoms with Crippen LogP contribution in [0.2, 0.25) is 5.02 Å². The van der Waals surface area contributed by atoms with E-state index >= 15 is 0 Å². The minimum Gasteiger partial charge on any atom is -0.495 e. The fourth-order valence-corrected chi connectivity index (χ4v) is 2.45. The zero-order valence-corrected chi connectivity index (χ0v) is 10.7. The Hall–Kier alpha value is -2.27. The number of carboxylic acids is 1. The molecular weight excluding hydrogens is 268 g/mol. The third kappa shape index (κ3) is 1.70. The van der Waals surface area contributed by atoms with E-state index in [-0.39, 0.29) is 5.69 Å². The van der Waals surface area contributed by atoms with Gasteiger partial charge in [-0.05, 0) is 18.2 Å². The molecule has 3 aromatic rings. The Morgan fingerprint density at radius 3 is 2.89 bits per heavy atom. The van der Waals surface area contributed by atoms with Gasteiger partial charge < -0.3 is 14.8 Å². The van der Waals surface area contributed by atoms with Gasteiger partial charge in [-0.2, -0.15) is 0 Å². The molecule has 0 amide bonds. The van der Waals surface area contributed by atoms with Crippen LogP contribution in [0.3, 0.4) is 0 Å². The highest BCUT2D eigenvalue weighted by atomic mass is 35.5. The van der Waals surface area contributed by atoms with E-state index in [1.165, 1.54) is 19.4 Å². The second-order valence-electron chi connectivity index (χ2n) is 4.05. The summed E-state index contributed by atoms with van der Waals surface area (Å²) in [6.07, 6.45) is 1.49. The highest BCUT2D eigenvalue weighted by Gasteiger charge is 2.14. The van der Waals surface area contributed by atoms with Crippen molar-refractivity contribution in [2.45, 2.75) is 0 Å². The van der Waals surface area contributed by atoms with Crippen molar-refractivity contribution in [2.24, 2.45) is 0 Å². The summed E-state index contributed by atoms with van der Waals surface area (Å²) in [5.41, 5.74) is 1.52. The number of aromatic amines is 1. The number of hydrogen-bond donors (Lipinski definition) is 2. The van der Waals surface area contributed by atoms with E-state index in [1.54, 1.807) is 6.07 Å². The van der Waals surface area contributed by atoms with Gasteiger partial charge in [0.25, 0.3) is 0 Å². The van der Waals surface area contributed by atoms with E-state index in [9.17, 15) is 4.79 Å². The second kappa shape index (κ2) is 4.13. The van der Waals surface area contributed by atoms with Crippen molar-refractivity contribution in [3.8, 4) is 5.75 Å². The Bertz CT molecular complexity index is 810. The number of carboxylic acid groups (broad SMARTS) is 1. The quantitative estimate of drug-likeness (QED) is 0.754. The van der Waals surface area contributed by atoms with Crippen molar-refractivity contribution in [2.75, 3.05) is 7.11 Å². The van der Waals surface area contributed by atoms with Crippen molar-refractivity contribution >= 4 is 39.4 Å². The summed E-state index contributed by atoms with van der Waals surface area (Å²) in [4.78, 5) is 18.0. The van der Waals surface area contributed by atoms with Crippen molar-refractivity contribution in [1.29, 1.82) is 0 Å². The van der Waals surface area contributed by atoms with Crippen LogP contribution in [0.15, 0.2) is 24.4 Å². The van der Waals surface area contributed by atoms with Crippen LogP contribution >= 0.6 is 11.6 Å². The first-order chi connectivity index (χ1) is 9.11. The number of rotatable bonds is 2. The topological polar surface area (TPSA) is 75.2 Å². The molecule has 0 unspecified atom stereocenters. The largest absolute Gasteiger partial charge is 0.495 e. The van der Waals surface area contributed by atoms with Crippen LogP contribution in [0.25, 0.3) is 21.8 Å². The Morgan fingerprint density at radius 2 is 2.21 bits per heavy atom. The lowest BCUT2D eigenvalue weighted by Crippen LogP contribution is -1.98. The van der Waals surface area contributed by atoms with Gasteiger partial charge in [0, 0.05) is 16.3 Å². The van der Waals surface area contributed by atoms with Gasteiger partial charge in [0.05, 0.1) is 23.8 Å². The predicted octanol–water partition coefficient (Wildman–Crippen LogP) is 3.08. The average molecular weight is 277 g/mol. The molecule has 0 atom stereocenters. The standard InChI is InChI=1S/C13H9ClN2O3/c1-19-10-3-2-7-11(12(10)14)6-4-8(13(17)18)15-5-9(6)16-7/h2-5,16H,1H3,(H,17,18). The number of hydrogen-bond acceptors (Lipinski definition) is 3. The zero-order chi connectivity index (χ0) is 13.6. The van der Waals surface area contributed by atoms with Gasteiger partial charge in [-0.1, -0.05) is 11.6 Å². The molecule has 0 fully saturated rings. The first-order valence-corrected chi connectivity index (χ1v) is 5.87. The Balaban J connectivity index is 2.44. The fourth-order valence-electron chi connectivity index (χ4n) is 2.11. The van der Waals surface area contributed by atoms with Gasteiger partial charge in [-0.3, -0.25) is 0 Å². The number of carbonyl (C=O) groups is 1. The molecule has 6 heteroatoms. The number of nitrogens with one attached hydrogen (secondary N) is 1. The van der Waals surface area contributed by atoms with Crippen LogP contribution in [0.1, 0.15) is 10.5 Å². The number of aromatic nitrogens is 2. The van der Waals surface area contributed by atoms with Gasteiger partial charge >= 0.3 is 5.97 Å². The van der Waals surface area contributed by atoms with Gasteiger partial charge in [0.2, 0.25) is 0 Å².